The molecule has 0 saturated heterocycles. The summed E-state index contributed by atoms with van der Waals surface area (Å²) >= 11 is 5.76. The molecule has 5 nitrogen and oxygen atoms in total. The molecule has 0 amide bonds. The summed E-state index contributed by atoms with van der Waals surface area (Å²) < 4.78 is 26.7. The number of sulfonamides is 1. The van der Waals surface area contributed by atoms with Crippen molar-refractivity contribution < 1.29 is 13.5 Å². The molecule has 0 aliphatic heterocycles. The SMILES string of the molecule is Nc1cc(S(=O)(=O)Nc2ccc(CO)cc2)ccc1Cl. The number of nitrogens with one attached hydrogen (secondary N) is 1. The fraction of sp³-hybridized carbons (Fsp3) is 0.0769. The molecule has 0 aliphatic carbocycles. The molecular weight excluding hydrogens is 300 g/mol. The molecule has 0 aliphatic rings. The molecule has 106 valence electrons. The van der Waals surface area contributed by atoms with Crippen LogP contribution >= 0.6 is 11.6 Å². The number of benzene rings is 2. The largest absolute Gasteiger partial charge is 0.397 e. The number of halogens is 1. The molecular formula is C13H13ClN2O3S. The van der Waals surface area contributed by atoms with Crippen LogP contribution < -0.4 is 10.5 Å². The zero-order chi connectivity index (χ0) is 14.8. The van der Waals surface area contributed by atoms with Gasteiger partial charge in [-0.3, -0.25) is 4.72 Å². The van der Waals surface area contributed by atoms with Crippen LogP contribution in [0.15, 0.2) is 47.4 Å². The Bertz CT molecular complexity index is 715. The summed E-state index contributed by atoms with van der Waals surface area (Å²) in [5.74, 6) is 0. The van der Waals surface area contributed by atoms with Crippen LogP contribution in [0.5, 0.6) is 0 Å². The lowest BCUT2D eigenvalue weighted by atomic mass is 10.2. The fourth-order valence-electron chi connectivity index (χ4n) is 1.58. The van der Waals surface area contributed by atoms with E-state index in [1.807, 2.05) is 0 Å². The quantitative estimate of drug-likeness (QED) is 0.755. The van der Waals surface area contributed by atoms with Crippen molar-refractivity contribution in [3.8, 4) is 0 Å². The molecule has 0 heterocycles. The van der Waals surface area contributed by atoms with Crippen LogP contribution in [0.2, 0.25) is 5.02 Å². The normalized spacial score (nSPS) is 11.3. The van der Waals surface area contributed by atoms with Crippen LogP contribution in [0.25, 0.3) is 0 Å². The van der Waals surface area contributed by atoms with Gasteiger partial charge in [0.2, 0.25) is 0 Å². The second kappa shape index (κ2) is 5.70. The molecule has 0 radical (unpaired) electrons. The molecule has 0 unspecified atom stereocenters. The van der Waals surface area contributed by atoms with Gasteiger partial charge < -0.3 is 10.8 Å². The average Bonchev–Trinajstić information content (AvgIpc) is 2.42. The molecule has 20 heavy (non-hydrogen) atoms. The van der Waals surface area contributed by atoms with Crippen LogP contribution in [0.4, 0.5) is 11.4 Å². The van der Waals surface area contributed by atoms with Crippen molar-refractivity contribution in [1.82, 2.24) is 0 Å². The Kier molecular flexibility index (Phi) is 4.17. The molecule has 0 spiro atoms. The Morgan fingerprint density at radius 2 is 1.80 bits per heavy atom. The Morgan fingerprint density at radius 3 is 2.35 bits per heavy atom. The van der Waals surface area contributed by atoms with Gasteiger partial charge in [0.1, 0.15) is 0 Å². The summed E-state index contributed by atoms with van der Waals surface area (Å²) in [6.45, 7) is -0.0965. The number of rotatable bonds is 4. The van der Waals surface area contributed by atoms with Gasteiger partial charge in [0.05, 0.1) is 22.2 Å². The number of anilines is 2. The van der Waals surface area contributed by atoms with Gasteiger partial charge in [-0.1, -0.05) is 23.7 Å². The standard InChI is InChI=1S/C13H13ClN2O3S/c14-12-6-5-11(7-13(12)15)20(18,19)16-10-3-1-9(8-17)2-4-10/h1-7,16-17H,8,15H2. The van der Waals surface area contributed by atoms with E-state index in [1.54, 1.807) is 24.3 Å². The predicted octanol–water partition coefficient (Wildman–Crippen LogP) is 2.22. The topological polar surface area (TPSA) is 92.4 Å². The highest BCUT2D eigenvalue weighted by atomic mass is 35.5. The highest BCUT2D eigenvalue weighted by Crippen LogP contribution is 2.24. The van der Waals surface area contributed by atoms with E-state index in [9.17, 15) is 8.42 Å². The lowest BCUT2D eigenvalue weighted by Crippen LogP contribution is -2.13. The molecule has 4 N–H and O–H groups in total. The van der Waals surface area contributed by atoms with Crippen molar-refractivity contribution in [1.29, 1.82) is 0 Å². The van der Waals surface area contributed by atoms with Gasteiger partial charge in [-0.2, -0.15) is 0 Å². The first-order valence-electron chi connectivity index (χ1n) is 5.70. The van der Waals surface area contributed by atoms with Crippen molar-refractivity contribution in [2.45, 2.75) is 11.5 Å². The first-order valence-corrected chi connectivity index (χ1v) is 7.56. The Morgan fingerprint density at radius 1 is 1.15 bits per heavy atom. The first kappa shape index (κ1) is 14.6. The number of nitrogens with two attached hydrogens (primary N) is 1. The summed E-state index contributed by atoms with van der Waals surface area (Å²) in [5, 5.41) is 9.23. The number of hydrogen-bond acceptors (Lipinski definition) is 4. The zero-order valence-corrected chi connectivity index (χ0v) is 11.9. The van der Waals surface area contributed by atoms with E-state index in [-0.39, 0.29) is 17.2 Å². The third-order valence-electron chi connectivity index (χ3n) is 2.67. The summed E-state index contributed by atoms with van der Waals surface area (Å²) in [5.41, 5.74) is 6.89. The highest BCUT2D eigenvalue weighted by Gasteiger charge is 2.15. The first-order chi connectivity index (χ1) is 9.42. The second-order valence-electron chi connectivity index (χ2n) is 4.14. The van der Waals surface area contributed by atoms with E-state index in [0.717, 1.165) is 0 Å². The van der Waals surface area contributed by atoms with E-state index in [0.29, 0.717) is 16.3 Å². The monoisotopic (exact) mass is 312 g/mol. The van der Waals surface area contributed by atoms with E-state index in [1.165, 1.54) is 18.2 Å². The number of nitrogen functional groups attached to an aromatic ring is 1. The van der Waals surface area contributed by atoms with Crippen molar-refractivity contribution in [3.63, 3.8) is 0 Å². The number of aliphatic hydroxyl groups is 1. The van der Waals surface area contributed by atoms with Gasteiger partial charge in [-0.25, -0.2) is 8.42 Å². The van der Waals surface area contributed by atoms with Gasteiger partial charge in [-0.05, 0) is 35.9 Å². The molecule has 0 saturated carbocycles. The maximum Gasteiger partial charge on any atom is 0.261 e. The second-order valence-corrected chi connectivity index (χ2v) is 6.23. The minimum atomic E-state index is -3.72. The van der Waals surface area contributed by atoms with Crippen LogP contribution in [-0.2, 0) is 16.6 Å². The minimum Gasteiger partial charge on any atom is -0.397 e. The lowest BCUT2D eigenvalue weighted by molar-refractivity contribution is 0.282. The third-order valence-corrected chi connectivity index (χ3v) is 4.39. The third kappa shape index (κ3) is 3.22. The van der Waals surface area contributed by atoms with Crippen LogP contribution in [0, 0.1) is 0 Å². The van der Waals surface area contributed by atoms with Crippen molar-refractivity contribution >= 4 is 33.0 Å². The molecule has 2 aromatic rings. The molecule has 0 bridgehead atoms. The maximum atomic E-state index is 12.2. The molecule has 0 atom stereocenters. The molecule has 0 aromatic heterocycles. The molecule has 2 rings (SSSR count). The number of hydrogen-bond donors (Lipinski definition) is 3. The van der Waals surface area contributed by atoms with Crippen LogP contribution in [0.3, 0.4) is 0 Å². The molecule has 7 heteroatoms. The predicted molar refractivity (Wildman–Crippen MR) is 79.0 cm³/mol. The van der Waals surface area contributed by atoms with Crippen molar-refractivity contribution in [2.75, 3.05) is 10.5 Å². The van der Waals surface area contributed by atoms with Gasteiger partial charge in [0.15, 0.2) is 0 Å². The Labute approximate surface area is 122 Å². The van der Waals surface area contributed by atoms with Crippen LogP contribution in [0.1, 0.15) is 5.56 Å². The van der Waals surface area contributed by atoms with Gasteiger partial charge in [-0.15, -0.1) is 0 Å². The summed E-state index contributed by atoms with van der Waals surface area (Å²) in [4.78, 5) is 0.0330. The summed E-state index contributed by atoms with van der Waals surface area (Å²) in [7, 11) is -3.72. The van der Waals surface area contributed by atoms with Gasteiger partial charge >= 0.3 is 0 Å². The lowest BCUT2D eigenvalue weighted by Gasteiger charge is -2.09. The van der Waals surface area contributed by atoms with E-state index < -0.39 is 10.0 Å². The highest BCUT2D eigenvalue weighted by molar-refractivity contribution is 7.92. The fourth-order valence-corrected chi connectivity index (χ4v) is 2.79. The van der Waals surface area contributed by atoms with Crippen molar-refractivity contribution in [2.24, 2.45) is 0 Å². The van der Waals surface area contributed by atoms with E-state index in [4.69, 9.17) is 22.4 Å². The Hall–Kier alpha value is -1.76. The molecule has 2 aromatic carbocycles. The van der Waals surface area contributed by atoms with E-state index >= 15 is 0 Å². The van der Waals surface area contributed by atoms with Gasteiger partial charge in [0, 0.05) is 5.69 Å². The van der Waals surface area contributed by atoms with Gasteiger partial charge in [0.25, 0.3) is 10.0 Å². The van der Waals surface area contributed by atoms with Crippen LogP contribution in [-0.4, -0.2) is 13.5 Å². The minimum absolute atomic E-state index is 0.0330. The Balaban J connectivity index is 2.27. The zero-order valence-electron chi connectivity index (χ0n) is 10.4. The average molecular weight is 313 g/mol. The number of aliphatic hydroxyl groups excluding tert-OH is 1. The summed E-state index contributed by atoms with van der Waals surface area (Å²) in [6.07, 6.45) is 0. The maximum absolute atomic E-state index is 12.2. The smallest absolute Gasteiger partial charge is 0.261 e. The molecule has 0 fully saturated rings. The summed E-state index contributed by atoms with van der Waals surface area (Å²) in [6, 6.07) is 10.5. The van der Waals surface area contributed by atoms with Crippen molar-refractivity contribution in [3.05, 3.63) is 53.1 Å². The van der Waals surface area contributed by atoms with E-state index in [2.05, 4.69) is 4.72 Å².